The highest BCUT2D eigenvalue weighted by Crippen LogP contribution is 2.47. The van der Waals surface area contributed by atoms with Crippen molar-refractivity contribution in [2.45, 2.75) is 95.9 Å². The summed E-state index contributed by atoms with van der Waals surface area (Å²) in [6.07, 6.45) is 4.56. The Kier molecular flexibility index (Phi) is 9.27. The van der Waals surface area contributed by atoms with E-state index < -0.39 is 29.6 Å². The molecule has 0 radical (unpaired) electrons. The summed E-state index contributed by atoms with van der Waals surface area (Å²) in [7, 11) is 0. The summed E-state index contributed by atoms with van der Waals surface area (Å²) < 4.78 is 25.1. The number of rotatable bonds is 14. The molecule has 0 aromatic rings. The molecule has 0 spiro atoms. The highest BCUT2D eigenvalue weighted by atomic mass is 16.7. The van der Waals surface area contributed by atoms with Crippen LogP contribution >= 0.6 is 0 Å². The molecule has 1 fully saturated rings. The van der Waals surface area contributed by atoms with E-state index in [0.29, 0.717) is 25.7 Å². The second-order valence-corrected chi connectivity index (χ2v) is 9.22. The Balaban J connectivity index is 1.92. The van der Waals surface area contributed by atoms with Crippen LogP contribution in [-0.4, -0.2) is 90.4 Å². The number of guanidine groups is 1. The Bertz CT molecular complexity index is 777. The summed E-state index contributed by atoms with van der Waals surface area (Å²) in [6.45, 7) is 10.2. The molecule has 5 N–H and O–H groups in total. The van der Waals surface area contributed by atoms with Gasteiger partial charge in [-0.05, 0) is 26.2 Å². The first-order chi connectivity index (χ1) is 16.3. The van der Waals surface area contributed by atoms with Crippen molar-refractivity contribution in [3.05, 3.63) is 0 Å². The zero-order valence-corrected chi connectivity index (χ0v) is 21.0. The zero-order valence-electron chi connectivity index (χ0n) is 21.0. The number of nitrogens with zero attached hydrogens (tertiary/aromatic N) is 4. The minimum absolute atomic E-state index is 0.00579. The second-order valence-electron chi connectivity index (χ2n) is 9.22. The lowest BCUT2D eigenvalue weighted by molar-refractivity contribution is -0.298. The van der Waals surface area contributed by atoms with Crippen LogP contribution in [0.15, 0.2) is 15.1 Å². The van der Waals surface area contributed by atoms with Crippen molar-refractivity contribution >= 4 is 17.6 Å². The fourth-order valence-electron chi connectivity index (χ4n) is 4.56. The Morgan fingerprint density at radius 1 is 1.09 bits per heavy atom. The van der Waals surface area contributed by atoms with E-state index >= 15 is 0 Å². The quantitative estimate of drug-likeness (QED) is 0.314. The zero-order chi connectivity index (χ0) is 24.8. The summed E-state index contributed by atoms with van der Waals surface area (Å²) in [5, 5.41) is 18.0. The number of nitrogens with two attached hydrogens (primary N) is 2. The number of ether oxygens (including phenoxy) is 4. The third-order valence-corrected chi connectivity index (χ3v) is 6.59. The van der Waals surface area contributed by atoms with Crippen molar-refractivity contribution in [1.82, 2.24) is 5.01 Å². The number of unbranched alkanes of at least 4 members (excludes halogenated alkanes) is 3. The van der Waals surface area contributed by atoms with Gasteiger partial charge >= 0.3 is 0 Å². The molecule has 0 bridgehead atoms. The summed E-state index contributed by atoms with van der Waals surface area (Å²) in [6, 6.07) is -0.723. The fourth-order valence-corrected chi connectivity index (χ4v) is 4.56. The van der Waals surface area contributed by atoms with Crippen molar-refractivity contribution in [3.8, 4) is 0 Å². The maximum atomic E-state index is 12.2. The maximum Gasteiger partial charge on any atom is 0.240 e. The molecule has 194 valence electrons. The van der Waals surface area contributed by atoms with Gasteiger partial charge in [0, 0.05) is 19.8 Å². The summed E-state index contributed by atoms with van der Waals surface area (Å²) in [5.41, 5.74) is 10.7. The van der Waals surface area contributed by atoms with E-state index in [1.807, 2.05) is 6.92 Å². The Labute approximate surface area is 202 Å². The van der Waals surface area contributed by atoms with Crippen LogP contribution < -0.4 is 11.5 Å². The molecule has 0 saturated carbocycles. The van der Waals surface area contributed by atoms with E-state index in [9.17, 15) is 5.11 Å². The standard InChI is InChI=1S/C23H42N6O5/c1-5-8-11-31-15-16-18(32-12-9-6-2)22(4,33-13-10-7-3)23(30,34-16)17-14-26-20-19(24)27-21(25)28-29(17)20/h16-18,30H,5-15H2,1-4H3,(H4,24,25,27,28)/t16-,17?,18-,22-,23+/m1/s1. The molecule has 3 aliphatic rings. The normalized spacial score (nSPS) is 33.0. The van der Waals surface area contributed by atoms with E-state index in [1.54, 1.807) is 0 Å². The lowest BCUT2D eigenvalue weighted by Crippen LogP contribution is -2.67. The summed E-state index contributed by atoms with van der Waals surface area (Å²) >= 11 is 0. The lowest BCUT2D eigenvalue weighted by atomic mass is 9.84. The van der Waals surface area contributed by atoms with Crippen LogP contribution in [0.3, 0.4) is 0 Å². The topological polar surface area (TPSA) is 150 Å². The van der Waals surface area contributed by atoms with Crippen LogP contribution in [0.5, 0.6) is 0 Å². The number of aliphatic hydroxyl groups is 1. The van der Waals surface area contributed by atoms with Gasteiger partial charge < -0.3 is 35.5 Å². The highest BCUT2D eigenvalue weighted by molar-refractivity contribution is 6.42. The van der Waals surface area contributed by atoms with E-state index in [4.69, 9.17) is 30.4 Å². The summed E-state index contributed by atoms with van der Waals surface area (Å²) in [4.78, 5) is 8.47. The molecule has 0 aliphatic carbocycles. The van der Waals surface area contributed by atoms with Gasteiger partial charge in [0.15, 0.2) is 11.7 Å². The van der Waals surface area contributed by atoms with Gasteiger partial charge in [-0.1, -0.05) is 40.0 Å². The molecule has 3 heterocycles. The van der Waals surface area contributed by atoms with Gasteiger partial charge in [-0.3, -0.25) is 4.99 Å². The first-order valence-electron chi connectivity index (χ1n) is 12.6. The average molecular weight is 483 g/mol. The lowest BCUT2D eigenvalue weighted by Gasteiger charge is -2.45. The van der Waals surface area contributed by atoms with Gasteiger partial charge in [0.05, 0.1) is 13.2 Å². The van der Waals surface area contributed by atoms with Gasteiger partial charge in [0.25, 0.3) is 0 Å². The van der Waals surface area contributed by atoms with Crippen molar-refractivity contribution in [2.24, 2.45) is 26.6 Å². The third kappa shape index (κ3) is 5.23. The van der Waals surface area contributed by atoms with Gasteiger partial charge in [0.2, 0.25) is 11.7 Å². The largest absolute Gasteiger partial charge is 0.380 e. The Morgan fingerprint density at radius 2 is 1.76 bits per heavy atom. The Morgan fingerprint density at radius 3 is 2.47 bits per heavy atom. The van der Waals surface area contributed by atoms with Crippen molar-refractivity contribution < 1.29 is 24.1 Å². The van der Waals surface area contributed by atoms with Crippen molar-refractivity contribution in [2.75, 3.05) is 33.0 Å². The predicted octanol–water partition coefficient (Wildman–Crippen LogP) is 1.33. The second kappa shape index (κ2) is 11.8. The van der Waals surface area contributed by atoms with E-state index in [1.165, 1.54) is 5.01 Å². The molecular formula is C23H42N6O5. The van der Waals surface area contributed by atoms with Crippen LogP contribution in [0.25, 0.3) is 0 Å². The molecule has 5 atom stereocenters. The van der Waals surface area contributed by atoms with Crippen LogP contribution in [0.4, 0.5) is 0 Å². The molecule has 0 aromatic carbocycles. The minimum atomic E-state index is -1.82. The monoisotopic (exact) mass is 482 g/mol. The molecule has 1 saturated heterocycles. The first-order valence-corrected chi connectivity index (χ1v) is 12.6. The molecule has 34 heavy (non-hydrogen) atoms. The number of fused-ring (bicyclic) bond motifs is 1. The number of amidine groups is 2. The number of hydrogen-bond donors (Lipinski definition) is 3. The van der Waals surface area contributed by atoms with E-state index in [2.05, 4.69) is 35.9 Å². The van der Waals surface area contributed by atoms with Gasteiger partial charge in [-0.25, -0.2) is 5.01 Å². The minimum Gasteiger partial charge on any atom is -0.380 e. The molecular weight excluding hydrogens is 440 g/mol. The van der Waals surface area contributed by atoms with E-state index in [0.717, 1.165) is 38.5 Å². The van der Waals surface area contributed by atoms with Crippen molar-refractivity contribution in [1.29, 1.82) is 0 Å². The molecule has 11 heteroatoms. The number of aliphatic imine (C=N–C) groups is 2. The highest BCUT2D eigenvalue weighted by Gasteiger charge is 2.70. The predicted molar refractivity (Wildman–Crippen MR) is 131 cm³/mol. The number of hydrazone groups is 1. The molecule has 3 aliphatic heterocycles. The fraction of sp³-hybridized carbons (Fsp3) is 0.870. The smallest absolute Gasteiger partial charge is 0.240 e. The first kappa shape index (κ1) is 26.8. The van der Waals surface area contributed by atoms with Crippen LogP contribution in [0, 0.1) is 0 Å². The van der Waals surface area contributed by atoms with Gasteiger partial charge in [-0.2, -0.15) is 4.99 Å². The van der Waals surface area contributed by atoms with Crippen LogP contribution in [0.1, 0.15) is 66.2 Å². The maximum absolute atomic E-state index is 12.2. The van der Waals surface area contributed by atoms with Crippen LogP contribution in [-0.2, 0) is 18.9 Å². The molecule has 0 aromatic heterocycles. The molecule has 3 rings (SSSR count). The molecule has 0 amide bonds. The van der Waals surface area contributed by atoms with Gasteiger partial charge in [-0.15, -0.1) is 5.10 Å². The van der Waals surface area contributed by atoms with E-state index in [-0.39, 0.29) is 24.9 Å². The third-order valence-electron chi connectivity index (χ3n) is 6.59. The van der Waals surface area contributed by atoms with Crippen LogP contribution in [0.2, 0.25) is 0 Å². The Hall–Kier alpha value is -1.79. The SMILES string of the molecule is CCCCOC[C@H]1O[C@@](O)(C2CN=C3C(N)=NC(N)=NN32)[C@](C)(OCCCC)[C@@H]1OCCCC. The van der Waals surface area contributed by atoms with Gasteiger partial charge in [0.1, 0.15) is 23.9 Å². The molecule has 11 nitrogen and oxygen atoms in total. The van der Waals surface area contributed by atoms with Crippen molar-refractivity contribution in [3.63, 3.8) is 0 Å². The molecule has 1 unspecified atom stereocenters. The average Bonchev–Trinajstić information content (AvgIpc) is 3.31. The number of hydrogen-bond acceptors (Lipinski definition) is 11. The summed E-state index contributed by atoms with van der Waals surface area (Å²) in [5.74, 6) is -1.31.